The van der Waals surface area contributed by atoms with Gasteiger partial charge in [0.05, 0.1) is 0 Å². The highest BCUT2D eigenvalue weighted by Gasteiger charge is 2.15. The Hall–Kier alpha value is -0.860. The molecule has 118 valence electrons. The van der Waals surface area contributed by atoms with Gasteiger partial charge in [-0.05, 0) is 61.9 Å². The number of piperidine rings is 1. The Balaban J connectivity index is 1.73. The Morgan fingerprint density at radius 2 is 1.90 bits per heavy atom. The van der Waals surface area contributed by atoms with E-state index in [0.29, 0.717) is 0 Å². The molecule has 0 radical (unpaired) electrons. The molecule has 1 aliphatic heterocycles. The van der Waals surface area contributed by atoms with Crippen LogP contribution in [0, 0.1) is 11.8 Å². The summed E-state index contributed by atoms with van der Waals surface area (Å²) in [6.45, 7) is 12.7. The molecule has 1 aromatic carbocycles. The van der Waals surface area contributed by atoms with Crippen molar-refractivity contribution in [3.63, 3.8) is 0 Å². The van der Waals surface area contributed by atoms with Crippen molar-refractivity contribution in [3.8, 4) is 0 Å². The van der Waals surface area contributed by atoms with Crippen LogP contribution in [0.4, 0.5) is 0 Å². The molecular formula is C19H32N2. The zero-order chi connectivity index (χ0) is 15.1. The first kappa shape index (κ1) is 16.5. The molecule has 1 unspecified atom stereocenters. The molecule has 1 aliphatic rings. The van der Waals surface area contributed by atoms with Gasteiger partial charge in [-0.2, -0.15) is 0 Å². The molecule has 1 heterocycles. The van der Waals surface area contributed by atoms with Crippen molar-refractivity contribution >= 4 is 0 Å². The average Bonchev–Trinajstić information content (AvgIpc) is 2.45. The predicted molar refractivity (Wildman–Crippen MR) is 91.5 cm³/mol. The maximum atomic E-state index is 3.51. The third-order valence-electron chi connectivity index (χ3n) is 4.31. The van der Waals surface area contributed by atoms with Gasteiger partial charge in [0.2, 0.25) is 0 Å². The van der Waals surface area contributed by atoms with E-state index in [4.69, 9.17) is 0 Å². The Bertz CT molecular complexity index is 397. The first-order valence-electron chi connectivity index (χ1n) is 8.64. The van der Waals surface area contributed by atoms with Crippen LogP contribution in [-0.4, -0.2) is 31.1 Å². The van der Waals surface area contributed by atoms with Crippen LogP contribution >= 0.6 is 0 Å². The van der Waals surface area contributed by atoms with Crippen LogP contribution in [0.5, 0.6) is 0 Å². The van der Waals surface area contributed by atoms with Gasteiger partial charge >= 0.3 is 0 Å². The molecule has 0 aromatic heterocycles. The quantitative estimate of drug-likeness (QED) is 0.770. The molecule has 1 fully saturated rings. The van der Waals surface area contributed by atoms with Gasteiger partial charge in [0, 0.05) is 13.1 Å². The Labute approximate surface area is 130 Å². The van der Waals surface area contributed by atoms with Gasteiger partial charge in [0.1, 0.15) is 0 Å². The highest BCUT2D eigenvalue weighted by Crippen LogP contribution is 2.18. The van der Waals surface area contributed by atoms with E-state index in [1.165, 1.54) is 37.1 Å². The first-order chi connectivity index (χ1) is 10.1. The van der Waals surface area contributed by atoms with E-state index in [1.54, 1.807) is 0 Å². The fraction of sp³-hybridized carbons (Fsp3) is 0.684. The normalized spacial score (nSPS) is 20.1. The molecule has 0 amide bonds. The third kappa shape index (κ3) is 6.19. The molecule has 0 bridgehead atoms. The van der Waals surface area contributed by atoms with Gasteiger partial charge in [-0.1, -0.05) is 45.0 Å². The second kappa shape index (κ2) is 8.55. The van der Waals surface area contributed by atoms with E-state index in [0.717, 1.165) is 37.9 Å². The van der Waals surface area contributed by atoms with Crippen molar-refractivity contribution in [2.75, 3.05) is 26.2 Å². The van der Waals surface area contributed by atoms with Crippen molar-refractivity contribution in [3.05, 3.63) is 35.4 Å². The summed E-state index contributed by atoms with van der Waals surface area (Å²) in [4.78, 5) is 2.60. The smallest absolute Gasteiger partial charge is 0.0233 e. The Morgan fingerprint density at radius 3 is 2.57 bits per heavy atom. The summed E-state index contributed by atoms with van der Waals surface area (Å²) in [5.74, 6) is 1.60. The number of rotatable bonds is 7. The molecule has 2 heteroatoms. The number of likely N-dealkylation sites (tertiary alicyclic amines) is 1. The monoisotopic (exact) mass is 288 g/mol. The van der Waals surface area contributed by atoms with Crippen molar-refractivity contribution in [2.45, 2.75) is 46.6 Å². The molecular weight excluding hydrogens is 256 g/mol. The second-order valence-corrected chi connectivity index (χ2v) is 7.15. The summed E-state index contributed by atoms with van der Waals surface area (Å²) in [5.41, 5.74) is 2.91. The molecule has 1 N–H and O–H groups in total. The first-order valence-corrected chi connectivity index (χ1v) is 8.64. The minimum absolute atomic E-state index is 0.735. The number of hydrogen-bond acceptors (Lipinski definition) is 2. The number of nitrogens with zero attached hydrogens (tertiary/aromatic N) is 1. The highest BCUT2D eigenvalue weighted by molar-refractivity contribution is 5.22. The van der Waals surface area contributed by atoms with Crippen LogP contribution in [-0.2, 0) is 13.0 Å². The molecule has 0 spiro atoms. The van der Waals surface area contributed by atoms with Crippen LogP contribution in [0.25, 0.3) is 0 Å². The molecule has 1 atom stereocenters. The standard InChI is InChI=1S/C19H32N2/c1-16(2)13-20-11-10-18-6-8-19(9-7-18)15-21-12-4-5-17(3)14-21/h6-9,16-17,20H,4-5,10-15H2,1-3H3. The Kier molecular flexibility index (Phi) is 6.72. The lowest BCUT2D eigenvalue weighted by Crippen LogP contribution is -2.33. The van der Waals surface area contributed by atoms with Crippen LogP contribution in [0.15, 0.2) is 24.3 Å². The summed E-state index contributed by atoms with van der Waals surface area (Å²) in [6, 6.07) is 9.24. The SMILES string of the molecule is CC(C)CNCCc1ccc(CN2CCCC(C)C2)cc1. The van der Waals surface area contributed by atoms with Crippen LogP contribution < -0.4 is 5.32 Å². The van der Waals surface area contributed by atoms with Crippen LogP contribution in [0.3, 0.4) is 0 Å². The fourth-order valence-electron chi connectivity index (χ4n) is 3.12. The van der Waals surface area contributed by atoms with Crippen molar-refractivity contribution < 1.29 is 0 Å². The second-order valence-electron chi connectivity index (χ2n) is 7.15. The van der Waals surface area contributed by atoms with E-state index >= 15 is 0 Å². The summed E-state index contributed by atoms with van der Waals surface area (Å²) in [5, 5.41) is 3.51. The molecule has 2 nitrogen and oxygen atoms in total. The molecule has 1 aromatic rings. The maximum absolute atomic E-state index is 3.51. The van der Waals surface area contributed by atoms with E-state index < -0.39 is 0 Å². The van der Waals surface area contributed by atoms with E-state index in [9.17, 15) is 0 Å². The lowest BCUT2D eigenvalue weighted by Gasteiger charge is -2.30. The average molecular weight is 288 g/mol. The zero-order valence-electron chi connectivity index (χ0n) is 14.1. The number of benzene rings is 1. The minimum atomic E-state index is 0.735. The van der Waals surface area contributed by atoms with Gasteiger partial charge in [-0.25, -0.2) is 0 Å². The van der Waals surface area contributed by atoms with Crippen molar-refractivity contribution in [2.24, 2.45) is 11.8 Å². The highest BCUT2D eigenvalue weighted by atomic mass is 15.1. The van der Waals surface area contributed by atoms with E-state index in [1.807, 2.05) is 0 Å². The lowest BCUT2D eigenvalue weighted by molar-refractivity contribution is 0.176. The number of hydrogen-bond donors (Lipinski definition) is 1. The molecule has 0 saturated carbocycles. The van der Waals surface area contributed by atoms with Crippen molar-refractivity contribution in [1.29, 1.82) is 0 Å². The topological polar surface area (TPSA) is 15.3 Å². The summed E-state index contributed by atoms with van der Waals surface area (Å²) in [6.07, 6.45) is 3.90. The zero-order valence-corrected chi connectivity index (χ0v) is 14.1. The van der Waals surface area contributed by atoms with Gasteiger partial charge in [0.25, 0.3) is 0 Å². The van der Waals surface area contributed by atoms with Crippen LogP contribution in [0.1, 0.15) is 44.7 Å². The van der Waals surface area contributed by atoms with E-state index in [2.05, 4.69) is 55.3 Å². The third-order valence-corrected chi connectivity index (χ3v) is 4.31. The molecule has 0 aliphatic carbocycles. The minimum Gasteiger partial charge on any atom is -0.316 e. The summed E-state index contributed by atoms with van der Waals surface area (Å²) < 4.78 is 0. The summed E-state index contributed by atoms with van der Waals surface area (Å²) >= 11 is 0. The van der Waals surface area contributed by atoms with Gasteiger partial charge in [-0.3, -0.25) is 4.90 Å². The van der Waals surface area contributed by atoms with Gasteiger partial charge in [0.15, 0.2) is 0 Å². The predicted octanol–water partition coefficient (Wildman–Crippen LogP) is 3.71. The number of nitrogens with one attached hydrogen (secondary N) is 1. The fourth-order valence-corrected chi connectivity index (χ4v) is 3.12. The summed E-state index contributed by atoms with van der Waals surface area (Å²) in [7, 11) is 0. The van der Waals surface area contributed by atoms with Crippen molar-refractivity contribution in [1.82, 2.24) is 10.2 Å². The molecule has 1 saturated heterocycles. The maximum Gasteiger partial charge on any atom is 0.0233 e. The Morgan fingerprint density at radius 1 is 1.19 bits per heavy atom. The largest absolute Gasteiger partial charge is 0.316 e. The lowest BCUT2D eigenvalue weighted by atomic mass is 9.99. The van der Waals surface area contributed by atoms with E-state index in [-0.39, 0.29) is 0 Å². The van der Waals surface area contributed by atoms with Crippen LogP contribution in [0.2, 0.25) is 0 Å². The molecule has 21 heavy (non-hydrogen) atoms. The van der Waals surface area contributed by atoms with Gasteiger partial charge in [-0.15, -0.1) is 0 Å². The molecule has 2 rings (SSSR count). The van der Waals surface area contributed by atoms with Gasteiger partial charge < -0.3 is 5.32 Å².